The highest BCUT2D eigenvalue weighted by molar-refractivity contribution is 5.94. The Morgan fingerprint density at radius 3 is 2.47 bits per heavy atom. The molecule has 1 aromatic carbocycles. The summed E-state index contributed by atoms with van der Waals surface area (Å²) in [6.45, 7) is 4.08. The van der Waals surface area contributed by atoms with E-state index in [9.17, 15) is 28.4 Å². The number of amides is 3. The van der Waals surface area contributed by atoms with Crippen molar-refractivity contribution in [1.82, 2.24) is 10.2 Å². The first-order chi connectivity index (χ1) is 20.8. The van der Waals surface area contributed by atoms with Gasteiger partial charge in [-0.3, -0.25) is 24.1 Å². The lowest BCUT2D eigenvalue weighted by Crippen LogP contribution is -2.36. The number of unbranched alkanes of at least 4 members (excludes halogenated alkanes) is 4. The van der Waals surface area contributed by atoms with Crippen LogP contribution in [0.3, 0.4) is 0 Å². The fourth-order valence-electron chi connectivity index (χ4n) is 6.02. The van der Waals surface area contributed by atoms with E-state index in [-0.39, 0.29) is 47.9 Å². The Hall–Kier alpha value is -3.20. The minimum absolute atomic E-state index is 0.0153. The van der Waals surface area contributed by atoms with Crippen molar-refractivity contribution in [3.05, 3.63) is 47.8 Å². The number of hydrogen-bond acceptors (Lipinski definition) is 6. The summed E-state index contributed by atoms with van der Waals surface area (Å²) in [4.78, 5) is 59.9. The van der Waals surface area contributed by atoms with E-state index >= 15 is 0 Å². The van der Waals surface area contributed by atoms with Gasteiger partial charge in [-0.1, -0.05) is 50.5 Å². The van der Waals surface area contributed by atoms with Gasteiger partial charge in [-0.15, -0.1) is 0 Å². The number of hydrogen-bond donors (Lipinski definition) is 1. The second-order valence-electron chi connectivity index (χ2n) is 11.8. The van der Waals surface area contributed by atoms with Crippen LogP contribution < -0.4 is 5.32 Å². The van der Waals surface area contributed by atoms with Crippen LogP contribution >= 0.6 is 0 Å². The van der Waals surface area contributed by atoms with Gasteiger partial charge >= 0.3 is 0 Å². The third-order valence-electron chi connectivity index (χ3n) is 8.70. The minimum Gasteiger partial charge on any atom is -0.381 e. The van der Waals surface area contributed by atoms with E-state index in [0.717, 1.165) is 57.6 Å². The summed E-state index contributed by atoms with van der Waals surface area (Å²) in [5, 5.41) is 2.84. The van der Waals surface area contributed by atoms with Crippen LogP contribution in [0, 0.1) is 29.5 Å². The normalized spacial score (nSPS) is 18.8. The van der Waals surface area contributed by atoms with E-state index in [1.807, 2.05) is 6.92 Å². The number of nitrogens with one attached hydrogen (secondary N) is 1. The molecule has 0 heterocycles. The summed E-state index contributed by atoms with van der Waals surface area (Å²) in [5.74, 6) is -0.768. The van der Waals surface area contributed by atoms with Gasteiger partial charge in [0.25, 0.3) is 5.91 Å². The van der Waals surface area contributed by atoms with Crippen molar-refractivity contribution in [2.75, 3.05) is 13.7 Å². The molecule has 43 heavy (non-hydrogen) atoms. The third-order valence-corrected chi connectivity index (χ3v) is 8.70. The number of carbonyl (C=O) groups is 5. The molecular weight excluding hydrogens is 551 g/mol. The lowest BCUT2D eigenvalue weighted by molar-refractivity contribution is -0.134. The van der Waals surface area contributed by atoms with Crippen LogP contribution in [0.1, 0.15) is 83.6 Å². The van der Waals surface area contributed by atoms with Gasteiger partial charge in [0, 0.05) is 38.5 Å². The third kappa shape index (κ3) is 12.5. The molecule has 1 saturated carbocycles. The highest BCUT2D eigenvalue weighted by Crippen LogP contribution is 2.41. The predicted octanol–water partition coefficient (Wildman–Crippen LogP) is 5.23. The van der Waals surface area contributed by atoms with Crippen LogP contribution in [0.5, 0.6) is 0 Å². The number of ketones is 1. The number of Topliss-reactive ketones (excluding diaryl/α,β-unsaturated/α-hetero) is 1. The molecular formula is C34H49FN2O6. The molecule has 9 heteroatoms. The smallest absolute Gasteiger partial charge is 0.252 e. The second kappa shape index (κ2) is 19.9. The molecule has 238 valence electrons. The first-order valence-corrected chi connectivity index (χ1v) is 15.6. The summed E-state index contributed by atoms with van der Waals surface area (Å²) < 4.78 is 20.3. The lowest BCUT2D eigenvalue weighted by Gasteiger charge is -2.34. The zero-order valence-electron chi connectivity index (χ0n) is 25.9. The Labute approximate surface area is 255 Å². The summed E-state index contributed by atoms with van der Waals surface area (Å²) in [6, 6.07) is 6.61. The molecule has 0 radical (unpaired) electrons. The zero-order chi connectivity index (χ0) is 31.6. The molecule has 6 atom stereocenters. The van der Waals surface area contributed by atoms with E-state index in [2.05, 4.69) is 5.32 Å². The van der Waals surface area contributed by atoms with Crippen molar-refractivity contribution in [3.63, 3.8) is 0 Å². The molecule has 0 aliphatic heterocycles. The van der Waals surface area contributed by atoms with E-state index in [4.69, 9.17) is 4.74 Å². The largest absolute Gasteiger partial charge is 0.381 e. The van der Waals surface area contributed by atoms with Gasteiger partial charge in [0.2, 0.25) is 12.8 Å². The molecule has 0 spiro atoms. The lowest BCUT2D eigenvalue weighted by atomic mass is 9.77. The highest BCUT2D eigenvalue weighted by atomic mass is 19.1. The Kier molecular flexibility index (Phi) is 16.6. The molecule has 1 aliphatic rings. The van der Waals surface area contributed by atoms with E-state index in [0.29, 0.717) is 43.7 Å². The Morgan fingerprint density at radius 1 is 1.09 bits per heavy atom. The molecule has 5 unspecified atom stereocenters. The molecule has 3 amide bonds. The number of ether oxygens (including phenoxy) is 1. The highest BCUT2D eigenvalue weighted by Gasteiger charge is 2.41. The number of imide groups is 1. The SMILES string of the molecule is C/C=C\C(=O)N(C=O)CCCCCCCC(=O)CC[C@@H](CC1CC1NC=O)C(OC)C(C)C(C=O)Cc1ccccc1F. The van der Waals surface area contributed by atoms with Gasteiger partial charge < -0.3 is 14.8 Å². The number of aldehydes is 1. The molecule has 8 nitrogen and oxygen atoms in total. The van der Waals surface area contributed by atoms with Crippen molar-refractivity contribution < 1.29 is 33.1 Å². The van der Waals surface area contributed by atoms with Crippen LogP contribution in [0.4, 0.5) is 4.39 Å². The van der Waals surface area contributed by atoms with Gasteiger partial charge in [0.05, 0.1) is 6.10 Å². The fraction of sp³-hybridized carbons (Fsp3) is 0.618. The summed E-state index contributed by atoms with van der Waals surface area (Å²) in [7, 11) is 1.62. The Morgan fingerprint density at radius 2 is 1.81 bits per heavy atom. The van der Waals surface area contributed by atoms with Crippen molar-refractivity contribution in [2.24, 2.45) is 23.7 Å². The van der Waals surface area contributed by atoms with Crippen LogP contribution in [0.15, 0.2) is 36.4 Å². The number of halogens is 1. The maximum Gasteiger partial charge on any atom is 0.252 e. The van der Waals surface area contributed by atoms with Crippen molar-refractivity contribution in [2.45, 2.75) is 96.6 Å². The molecule has 1 fully saturated rings. The Balaban J connectivity index is 1.87. The molecule has 0 aromatic heterocycles. The average Bonchev–Trinajstić information content (AvgIpc) is 3.74. The summed E-state index contributed by atoms with van der Waals surface area (Å²) >= 11 is 0. The molecule has 0 saturated heterocycles. The number of rotatable bonds is 24. The molecule has 2 rings (SSSR count). The van der Waals surface area contributed by atoms with Crippen LogP contribution in [-0.4, -0.2) is 61.5 Å². The monoisotopic (exact) mass is 600 g/mol. The van der Waals surface area contributed by atoms with Gasteiger partial charge in [0.15, 0.2) is 0 Å². The average molecular weight is 601 g/mol. The van der Waals surface area contributed by atoms with Crippen molar-refractivity contribution in [1.29, 1.82) is 0 Å². The first-order valence-electron chi connectivity index (χ1n) is 15.6. The molecule has 1 N–H and O–H groups in total. The molecule has 0 bridgehead atoms. The predicted molar refractivity (Wildman–Crippen MR) is 163 cm³/mol. The van der Waals surface area contributed by atoms with E-state index in [1.165, 1.54) is 17.0 Å². The van der Waals surface area contributed by atoms with Crippen LogP contribution in [0.25, 0.3) is 0 Å². The number of carbonyl (C=O) groups excluding carboxylic acids is 5. The van der Waals surface area contributed by atoms with E-state index < -0.39 is 5.92 Å². The first kappa shape index (κ1) is 36.0. The maximum atomic E-state index is 14.3. The molecule has 1 aliphatic carbocycles. The number of nitrogens with zero attached hydrogens (tertiary/aromatic N) is 1. The Bertz CT molecular complexity index is 1060. The van der Waals surface area contributed by atoms with Gasteiger partial charge in [-0.05, 0) is 80.9 Å². The van der Waals surface area contributed by atoms with E-state index in [1.54, 1.807) is 38.3 Å². The zero-order valence-corrected chi connectivity index (χ0v) is 25.9. The van der Waals surface area contributed by atoms with Gasteiger partial charge in [0.1, 0.15) is 17.9 Å². The standard InChI is InChI=1S/C34H49FN2O6/c1-4-12-33(42)37(24-40)18-11-7-5-6-8-14-30(41)17-16-27(20-28-21-32(28)36-23-39)34(43-3)25(2)29(22-38)19-26-13-9-10-15-31(26)35/h4,9-10,12-13,15,22-25,27-29,32,34H,5-8,11,14,16-21H2,1-3H3,(H,36,39)/b12-4-/t25?,27-,28?,29?,32?,34?/m0/s1. The summed E-state index contributed by atoms with van der Waals surface area (Å²) in [5.41, 5.74) is 0.494. The van der Waals surface area contributed by atoms with Crippen LogP contribution in [0.2, 0.25) is 0 Å². The van der Waals surface area contributed by atoms with Crippen LogP contribution in [-0.2, 0) is 35.1 Å². The second-order valence-corrected chi connectivity index (χ2v) is 11.8. The van der Waals surface area contributed by atoms with Crippen molar-refractivity contribution in [3.8, 4) is 0 Å². The molecule has 1 aromatic rings. The topological polar surface area (TPSA) is 110 Å². The fourth-order valence-corrected chi connectivity index (χ4v) is 6.02. The van der Waals surface area contributed by atoms with Crippen molar-refractivity contribution >= 4 is 30.8 Å². The number of benzene rings is 1. The van der Waals surface area contributed by atoms with Gasteiger partial charge in [-0.25, -0.2) is 4.39 Å². The quantitative estimate of drug-likeness (QED) is 0.0989. The summed E-state index contributed by atoms with van der Waals surface area (Å²) in [6.07, 6.45) is 12.5. The number of methoxy groups -OCH3 is 1. The number of allylic oxidation sites excluding steroid dienone is 1. The van der Waals surface area contributed by atoms with Gasteiger partial charge in [-0.2, -0.15) is 0 Å². The maximum absolute atomic E-state index is 14.3. The minimum atomic E-state index is -0.442.